The zero-order valence-electron chi connectivity index (χ0n) is 13.7. The molecule has 0 saturated carbocycles. The van der Waals surface area contributed by atoms with Crippen molar-refractivity contribution in [2.24, 2.45) is 10.3 Å². The first kappa shape index (κ1) is 30.7. The molecule has 0 radical (unpaired) electrons. The van der Waals surface area contributed by atoms with Crippen molar-refractivity contribution >= 4 is 20.0 Å². The molecule has 0 aromatic carbocycles. The minimum Gasteiger partial charge on any atom is -0.226 e. The summed E-state index contributed by atoms with van der Waals surface area (Å²) in [6.45, 7) is 0. The predicted molar refractivity (Wildman–Crippen MR) is 65.8 cm³/mol. The van der Waals surface area contributed by atoms with Crippen LogP contribution in [-0.2, 0) is 20.0 Å². The quantitative estimate of drug-likeness (QED) is 0.444. The molecular weight excluding hydrogens is 556 g/mol. The van der Waals surface area contributed by atoms with Gasteiger partial charge >= 0.3 is 46.0 Å². The lowest BCUT2D eigenvalue weighted by molar-refractivity contribution is -0.436. The average Bonchev–Trinajstić information content (AvgIpc) is 2.49. The van der Waals surface area contributed by atoms with Crippen LogP contribution in [-0.4, -0.2) is 62.9 Å². The number of alkyl halides is 16. The minimum absolute atomic E-state index is 3.34. The molecule has 4 N–H and O–H groups in total. The van der Waals surface area contributed by atoms with Gasteiger partial charge in [0.15, 0.2) is 0 Å². The maximum absolute atomic E-state index is 14.2. The second kappa shape index (κ2) is 7.10. The summed E-state index contributed by atoms with van der Waals surface area (Å²) in [4.78, 5) is 0. The third-order valence-corrected chi connectivity index (χ3v) is 5.73. The Hall–Kier alpha value is -1.30. The van der Waals surface area contributed by atoms with Gasteiger partial charge in [0, 0.05) is 0 Å². The van der Waals surface area contributed by atoms with E-state index in [1.807, 2.05) is 0 Å². The highest BCUT2D eigenvalue weighted by atomic mass is 32.2. The summed E-state index contributed by atoms with van der Waals surface area (Å²) < 4.78 is 253. The van der Waals surface area contributed by atoms with Crippen molar-refractivity contribution in [3.05, 3.63) is 0 Å². The number of sulfonamides is 2. The van der Waals surface area contributed by atoms with Crippen LogP contribution in [0.5, 0.6) is 0 Å². The summed E-state index contributed by atoms with van der Waals surface area (Å²) in [5.74, 6) is -43.5. The Bertz CT molecular complexity index is 955. The zero-order chi connectivity index (χ0) is 27.0. The Morgan fingerprint density at radius 3 is 0.906 bits per heavy atom. The van der Waals surface area contributed by atoms with E-state index >= 15 is 0 Å². The second-order valence-corrected chi connectivity index (χ2v) is 8.83. The highest BCUT2D eigenvalue weighted by Crippen LogP contribution is 2.64. The molecule has 24 heteroatoms. The van der Waals surface area contributed by atoms with E-state index in [9.17, 15) is 87.1 Å². The van der Waals surface area contributed by atoms with Gasteiger partial charge < -0.3 is 0 Å². The highest BCUT2D eigenvalue weighted by Gasteiger charge is 2.97. The predicted octanol–water partition coefficient (Wildman–Crippen LogP) is 2.56. The van der Waals surface area contributed by atoms with E-state index in [1.165, 1.54) is 0 Å². The molecule has 0 aliphatic carbocycles. The smallest absolute Gasteiger partial charge is 0.226 e. The van der Waals surface area contributed by atoms with E-state index in [-0.39, 0.29) is 0 Å². The molecule has 32 heavy (non-hydrogen) atoms. The van der Waals surface area contributed by atoms with Crippen LogP contribution < -0.4 is 10.3 Å². The van der Waals surface area contributed by atoms with Gasteiger partial charge in [0.05, 0.1) is 0 Å². The van der Waals surface area contributed by atoms with Crippen molar-refractivity contribution in [2.75, 3.05) is 0 Å². The van der Waals surface area contributed by atoms with Crippen molar-refractivity contribution in [1.82, 2.24) is 0 Å². The number of primary sulfonamides is 2. The van der Waals surface area contributed by atoms with Gasteiger partial charge in [0.2, 0.25) is 0 Å². The fourth-order valence-electron chi connectivity index (χ4n) is 1.69. The van der Waals surface area contributed by atoms with E-state index in [4.69, 9.17) is 0 Å². The van der Waals surface area contributed by atoms with Gasteiger partial charge in [0.1, 0.15) is 0 Å². The molecule has 0 rings (SSSR count). The van der Waals surface area contributed by atoms with Crippen molar-refractivity contribution in [1.29, 1.82) is 0 Å². The Morgan fingerprint density at radius 2 is 0.688 bits per heavy atom. The number of hydrogen-bond donors (Lipinski definition) is 2. The van der Waals surface area contributed by atoms with Crippen molar-refractivity contribution < 1.29 is 87.1 Å². The van der Waals surface area contributed by atoms with Crippen LogP contribution in [0.2, 0.25) is 0 Å². The van der Waals surface area contributed by atoms with E-state index in [0.29, 0.717) is 0 Å². The first-order valence-corrected chi connectivity index (χ1v) is 9.41. The summed E-state index contributed by atoms with van der Waals surface area (Å²) in [6.07, 6.45) is -7.94. The Kier molecular flexibility index (Phi) is 6.81. The van der Waals surface area contributed by atoms with Gasteiger partial charge in [0.25, 0.3) is 20.0 Å². The summed E-state index contributed by atoms with van der Waals surface area (Å²) >= 11 is 0. The summed E-state index contributed by atoms with van der Waals surface area (Å²) in [5.41, 5.74) is 0. The van der Waals surface area contributed by atoms with Gasteiger partial charge in [-0.25, -0.2) is 31.5 Å². The number of hydrogen-bond acceptors (Lipinski definition) is 4. The number of nitrogens with two attached hydrogens (primary N) is 2. The van der Waals surface area contributed by atoms with Crippen LogP contribution in [0.15, 0.2) is 0 Å². The zero-order valence-corrected chi connectivity index (χ0v) is 15.3. The molecule has 6 nitrogen and oxygen atoms in total. The number of rotatable bonds is 8. The lowest BCUT2D eigenvalue weighted by Crippen LogP contribution is -2.79. The molecule has 0 amide bonds. The summed E-state index contributed by atoms with van der Waals surface area (Å²) in [6, 6.07) is 0. The van der Waals surface area contributed by atoms with E-state index in [1.54, 1.807) is 0 Å². The largest absolute Gasteiger partial charge is 0.460 e. The van der Waals surface area contributed by atoms with Crippen molar-refractivity contribution in [3.63, 3.8) is 0 Å². The fourth-order valence-corrected chi connectivity index (χ4v) is 3.23. The Balaban J connectivity index is 7.62. The maximum atomic E-state index is 14.2. The molecule has 194 valence electrons. The lowest BCUT2D eigenvalue weighted by Gasteiger charge is -2.44. The van der Waals surface area contributed by atoms with Crippen LogP contribution in [0.4, 0.5) is 70.2 Å². The summed E-state index contributed by atoms with van der Waals surface area (Å²) in [7, 11) is -15.8. The standard InChI is InChI=1S/C8H4F16N2O4S2/c9-1(10,2(11,12)4(15,16)7(20,21)22)3(13,14)6(19,31(25,27)28)5(17,18)8(23,24)32(26,29)30/h(H2,25,27,28)(H2,26,29,30). The third-order valence-electron chi connectivity index (χ3n) is 3.46. The van der Waals surface area contributed by atoms with Gasteiger partial charge in [-0.1, -0.05) is 0 Å². The SMILES string of the molecule is NS(=O)(=O)C(F)(F)C(F)(F)C(F)(C(F)(F)C(F)(F)C(F)(F)C(F)(F)C(F)(F)F)S(N)(=O)=O. The number of halogens is 16. The minimum atomic E-state index is -8.95. The molecule has 0 spiro atoms. The monoisotopic (exact) mass is 560 g/mol. The Morgan fingerprint density at radius 1 is 0.406 bits per heavy atom. The van der Waals surface area contributed by atoms with E-state index in [2.05, 4.69) is 10.3 Å². The van der Waals surface area contributed by atoms with Crippen LogP contribution in [0, 0.1) is 0 Å². The highest BCUT2D eigenvalue weighted by molar-refractivity contribution is 7.91. The summed E-state index contributed by atoms with van der Waals surface area (Å²) in [5, 5.41) is -9.51. The first-order valence-electron chi connectivity index (χ1n) is 6.32. The van der Waals surface area contributed by atoms with Crippen LogP contribution in [0.1, 0.15) is 0 Å². The van der Waals surface area contributed by atoms with Crippen LogP contribution in [0.25, 0.3) is 0 Å². The average molecular weight is 560 g/mol. The van der Waals surface area contributed by atoms with Crippen molar-refractivity contribution in [2.45, 2.75) is 46.0 Å². The first-order chi connectivity index (χ1) is 13.2. The normalized spacial score (nSPS) is 18.4. The van der Waals surface area contributed by atoms with E-state index in [0.717, 1.165) is 0 Å². The molecule has 0 fully saturated rings. The molecule has 0 bridgehead atoms. The van der Waals surface area contributed by atoms with E-state index < -0.39 is 66.1 Å². The molecule has 0 aliphatic rings. The molecule has 0 aromatic rings. The second-order valence-electron chi connectivity index (χ2n) is 5.57. The molecule has 0 aliphatic heterocycles. The topological polar surface area (TPSA) is 120 Å². The van der Waals surface area contributed by atoms with Crippen LogP contribution in [0.3, 0.4) is 0 Å². The van der Waals surface area contributed by atoms with Gasteiger partial charge in [-0.2, -0.15) is 65.9 Å². The molecule has 0 heterocycles. The molecule has 1 atom stereocenters. The molecule has 0 saturated heterocycles. The van der Waals surface area contributed by atoms with Crippen molar-refractivity contribution in [3.8, 4) is 0 Å². The Labute approximate surface area is 164 Å². The maximum Gasteiger partial charge on any atom is 0.460 e. The third kappa shape index (κ3) is 3.47. The van der Waals surface area contributed by atoms with Gasteiger partial charge in [-0.15, -0.1) is 0 Å². The van der Waals surface area contributed by atoms with Crippen LogP contribution >= 0.6 is 0 Å². The lowest BCUT2D eigenvalue weighted by atomic mass is 9.92. The molecule has 0 aromatic heterocycles. The van der Waals surface area contributed by atoms with Gasteiger partial charge in [-0.05, 0) is 0 Å². The van der Waals surface area contributed by atoms with Gasteiger partial charge in [-0.3, -0.25) is 0 Å². The molecule has 1 unspecified atom stereocenters. The molecular formula is C8H4F16N2O4S2. The fraction of sp³-hybridized carbons (Fsp3) is 1.00.